The lowest BCUT2D eigenvalue weighted by Crippen LogP contribution is -2.41. The van der Waals surface area contributed by atoms with Crippen molar-refractivity contribution in [3.63, 3.8) is 0 Å². The van der Waals surface area contributed by atoms with Gasteiger partial charge < -0.3 is 4.90 Å². The molecule has 0 saturated carbocycles. The maximum Gasteiger partial charge on any atom is 0.136 e. The smallest absolute Gasteiger partial charge is 0.136 e. The molecule has 2 rings (SSSR count). The van der Waals surface area contributed by atoms with Crippen molar-refractivity contribution in [1.82, 2.24) is 0 Å². The molecule has 1 aliphatic rings. The van der Waals surface area contributed by atoms with Crippen LogP contribution in [0.1, 0.15) is 19.8 Å². The first-order valence-electron chi connectivity index (χ1n) is 5.42. The number of Topliss-reactive ketones (excluding diaryl/α,β-unsaturated/α-hetero) is 1. The molecule has 17 heavy (non-hydrogen) atoms. The van der Waals surface area contributed by atoms with E-state index in [0.29, 0.717) is 25.1 Å². The molecule has 1 fully saturated rings. The molecule has 1 aliphatic heterocycles. The Kier molecular flexibility index (Phi) is 3.59. The second kappa shape index (κ2) is 4.83. The highest BCUT2D eigenvalue weighted by Crippen LogP contribution is 2.37. The Morgan fingerprint density at radius 2 is 1.94 bits per heavy atom. The van der Waals surface area contributed by atoms with E-state index >= 15 is 0 Å². The standard InChI is InChI=1S/C12H12Cl2FNO/c1-7-4-9(17)2-3-16(7)12-10(13)5-8(15)6-11(12)14/h5-7H,2-4H2,1H3. The van der Waals surface area contributed by atoms with Gasteiger partial charge in [0.05, 0.1) is 15.7 Å². The molecule has 92 valence electrons. The molecule has 1 heterocycles. The van der Waals surface area contributed by atoms with Crippen LogP contribution in [0.15, 0.2) is 12.1 Å². The van der Waals surface area contributed by atoms with Gasteiger partial charge in [-0.05, 0) is 19.1 Å². The summed E-state index contributed by atoms with van der Waals surface area (Å²) in [6, 6.07) is 2.52. The average Bonchev–Trinajstić information content (AvgIpc) is 2.19. The number of nitrogens with zero attached hydrogens (tertiary/aromatic N) is 1. The van der Waals surface area contributed by atoms with Crippen molar-refractivity contribution in [2.24, 2.45) is 0 Å². The predicted octanol–water partition coefficient (Wildman–Crippen LogP) is 3.69. The van der Waals surface area contributed by atoms with E-state index in [0.717, 1.165) is 0 Å². The van der Waals surface area contributed by atoms with Gasteiger partial charge in [0.2, 0.25) is 0 Å². The number of benzene rings is 1. The van der Waals surface area contributed by atoms with Crippen molar-refractivity contribution >= 4 is 34.7 Å². The molecule has 0 aliphatic carbocycles. The number of hydrogen-bond acceptors (Lipinski definition) is 2. The highest BCUT2D eigenvalue weighted by Gasteiger charge is 2.26. The van der Waals surface area contributed by atoms with Gasteiger partial charge in [-0.1, -0.05) is 23.2 Å². The van der Waals surface area contributed by atoms with Crippen LogP contribution >= 0.6 is 23.2 Å². The summed E-state index contributed by atoms with van der Waals surface area (Å²) >= 11 is 12.0. The minimum absolute atomic E-state index is 0.0386. The number of hydrogen-bond donors (Lipinski definition) is 0. The zero-order chi connectivity index (χ0) is 12.6. The summed E-state index contributed by atoms with van der Waals surface area (Å²) in [5.41, 5.74) is 0.620. The van der Waals surface area contributed by atoms with E-state index in [1.807, 2.05) is 11.8 Å². The molecule has 1 saturated heterocycles. The molecule has 0 aromatic heterocycles. The van der Waals surface area contributed by atoms with Crippen LogP contribution in [0.3, 0.4) is 0 Å². The molecule has 0 amide bonds. The molecule has 0 bridgehead atoms. The first-order chi connectivity index (χ1) is 7.99. The van der Waals surface area contributed by atoms with E-state index in [9.17, 15) is 9.18 Å². The summed E-state index contributed by atoms with van der Waals surface area (Å²) in [6.45, 7) is 2.51. The second-order valence-corrected chi connectivity index (χ2v) is 5.07. The average molecular weight is 276 g/mol. The van der Waals surface area contributed by atoms with Gasteiger partial charge in [-0.25, -0.2) is 4.39 Å². The Morgan fingerprint density at radius 3 is 2.47 bits per heavy atom. The number of carbonyl (C=O) groups excluding carboxylic acids is 1. The lowest BCUT2D eigenvalue weighted by atomic mass is 10.0. The van der Waals surface area contributed by atoms with E-state index < -0.39 is 5.82 Å². The van der Waals surface area contributed by atoms with Gasteiger partial charge in [-0.2, -0.15) is 0 Å². The Morgan fingerprint density at radius 1 is 1.35 bits per heavy atom. The van der Waals surface area contributed by atoms with E-state index in [-0.39, 0.29) is 21.9 Å². The van der Waals surface area contributed by atoms with E-state index in [1.165, 1.54) is 12.1 Å². The van der Waals surface area contributed by atoms with Crippen LogP contribution < -0.4 is 4.90 Å². The molecular weight excluding hydrogens is 264 g/mol. The van der Waals surface area contributed by atoms with Crippen LogP contribution in [-0.4, -0.2) is 18.4 Å². The molecule has 1 unspecified atom stereocenters. The maximum atomic E-state index is 13.1. The number of ketones is 1. The molecule has 0 spiro atoms. The molecule has 0 N–H and O–H groups in total. The third kappa shape index (κ3) is 2.55. The normalized spacial score (nSPS) is 20.8. The van der Waals surface area contributed by atoms with Gasteiger partial charge in [0, 0.05) is 25.4 Å². The van der Waals surface area contributed by atoms with Crippen LogP contribution in [0.25, 0.3) is 0 Å². The zero-order valence-corrected chi connectivity index (χ0v) is 10.9. The SMILES string of the molecule is CC1CC(=O)CCN1c1c(Cl)cc(F)cc1Cl. The van der Waals surface area contributed by atoms with Gasteiger partial charge >= 0.3 is 0 Å². The Hall–Kier alpha value is -0.800. The monoisotopic (exact) mass is 275 g/mol. The maximum absolute atomic E-state index is 13.1. The van der Waals surface area contributed by atoms with Crippen molar-refractivity contribution in [3.05, 3.63) is 28.0 Å². The zero-order valence-electron chi connectivity index (χ0n) is 9.34. The largest absolute Gasteiger partial charge is 0.366 e. The van der Waals surface area contributed by atoms with Crippen molar-refractivity contribution in [1.29, 1.82) is 0 Å². The first kappa shape index (κ1) is 12.7. The lowest BCUT2D eigenvalue weighted by Gasteiger charge is -2.35. The Bertz CT molecular complexity index is 441. The third-order valence-electron chi connectivity index (χ3n) is 2.96. The number of halogens is 3. The summed E-state index contributed by atoms with van der Waals surface area (Å²) < 4.78 is 13.1. The van der Waals surface area contributed by atoms with Crippen LogP contribution in [0.2, 0.25) is 10.0 Å². The topological polar surface area (TPSA) is 20.3 Å². The summed E-state index contributed by atoms with van der Waals surface area (Å²) in [6.07, 6.45) is 0.957. The highest BCUT2D eigenvalue weighted by molar-refractivity contribution is 6.39. The van der Waals surface area contributed by atoms with Crippen LogP contribution in [0.4, 0.5) is 10.1 Å². The van der Waals surface area contributed by atoms with Gasteiger partial charge in [-0.3, -0.25) is 4.79 Å². The fourth-order valence-corrected chi connectivity index (χ4v) is 2.83. The second-order valence-electron chi connectivity index (χ2n) is 4.25. The highest BCUT2D eigenvalue weighted by atomic mass is 35.5. The van der Waals surface area contributed by atoms with Gasteiger partial charge in [-0.15, -0.1) is 0 Å². The van der Waals surface area contributed by atoms with Crippen LogP contribution in [0, 0.1) is 5.82 Å². The summed E-state index contributed by atoms with van der Waals surface area (Å²) in [4.78, 5) is 13.3. The predicted molar refractivity (Wildman–Crippen MR) is 67.5 cm³/mol. The van der Waals surface area contributed by atoms with Gasteiger partial charge in [0.15, 0.2) is 0 Å². The summed E-state index contributed by atoms with van der Waals surface area (Å²) in [5.74, 6) is -0.215. The van der Waals surface area contributed by atoms with E-state index in [2.05, 4.69) is 0 Å². The van der Waals surface area contributed by atoms with Gasteiger partial charge in [0.25, 0.3) is 0 Å². The van der Waals surface area contributed by atoms with Crippen molar-refractivity contribution < 1.29 is 9.18 Å². The minimum Gasteiger partial charge on any atom is -0.366 e. The molecular formula is C12H12Cl2FNO. The Labute approximate surface area is 109 Å². The van der Waals surface area contributed by atoms with Crippen molar-refractivity contribution in [2.45, 2.75) is 25.8 Å². The van der Waals surface area contributed by atoms with Crippen molar-refractivity contribution in [3.8, 4) is 0 Å². The minimum atomic E-state index is -0.454. The van der Waals surface area contributed by atoms with Crippen LogP contribution in [-0.2, 0) is 4.79 Å². The molecule has 1 aromatic carbocycles. The van der Waals surface area contributed by atoms with E-state index in [1.54, 1.807) is 0 Å². The van der Waals surface area contributed by atoms with Crippen LogP contribution in [0.5, 0.6) is 0 Å². The molecule has 2 nitrogen and oxygen atoms in total. The summed E-state index contributed by atoms with van der Waals surface area (Å²) in [7, 11) is 0. The number of carbonyl (C=O) groups is 1. The lowest BCUT2D eigenvalue weighted by molar-refractivity contribution is -0.120. The fraction of sp³-hybridized carbons (Fsp3) is 0.417. The third-order valence-corrected chi connectivity index (χ3v) is 3.53. The van der Waals surface area contributed by atoms with E-state index in [4.69, 9.17) is 23.2 Å². The number of piperidine rings is 1. The quantitative estimate of drug-likeness (QED) is 0.779. The number of rotatable bonds is 1. The van der Waals surface area contributed by atoms with Gasteiger partial charge in [0.1, 0.15) is 11.6 Å². The molecule has 1 atom stereocenters. The van der Waals surface area contributed by atoms with Crippen molar-refractivity contribution in [2.75, 3.05) is 11.4 Å². The fourth-order valence-electron chi connectivity index (χ4n) is 2.15. The molecule has 5 heteroatoms. The number of anilines is 1. The first-order valence-corrected chi connectivity index (χ1v) is 6.17. The summed E-state index contributed by atoms with van der Waals surface area (Å²) in [5, 5.41) is 0.576. The molecule has 1 aromatic rings. The Balaban J connectivity index is 2.37. The molecule has 0 radical (unpaired) electrons.